The zero-order chi connectivity index (χ0) is 12.9. The van der Waals surface area contributed by atoms with Gasteiger partial charge in [-0.1, -0.05) is 43.7 Å². The van der Waals surface area contributed by atoms with Crippen LogP contribution >= 0.6 is 0 Å². The van der Waals surface area contributed by atoms with Crippen molar-refractivity contribution in [3.8, 4) is 0 Å². The zero-order valence-electron chi connectivity index (χ0n) is 11.4. The van der Waals surface area contributed by atoms with Crippen molar-refractivity contribution in [3.63, 3.8) is 0 Å². The lowest BCUT2D eigenvalue weighted by atomic mass is 9.87. The lowest BCUT2D eigenvalue weighted by Crippen LogP contribution is -2.12. The molecular weight excluding hydrogens is 212 g/mol. The first-order chi connectivity index (χ1) is 7.94. The van der Waals surface area contributed by atoms with Crippen LogP contribution in [0.25, 0.3) is 0 Å². The molecule has 0 spiro atoms. The number of rotatable bonds is 1. The summed E-state index contributed by atoms with van der Waals surface area (Å²) in [4.78, 5) is 4.52. The highest BCUT2D eigenvalue weighted by Gasteiger charge is 2.15. The van der Waals surface area contributed by atoms with Crippen molar-refractivity contribution in [1.82, 2.24) is 0 Å². The number of hydrogen-bond acceptors (Lipinski definition) is 2. The quantitative estimate of drug-likeness (QED) is 0.412. The summed E-state index contributed by atoms with van der Waals surface area (Å²) in [6, 6.07) is 0. The van der Waals surface area contributed by atoms with E-state index in [4.69, 9.17) is 5.26 Å². The summed E-state index contributed by atoms with van der Waals surface area (Å²) in [5.74, 6) is 0. The topological polar surface area (TPSA) is 29.5 Å². The van der Waals surface area contributed by atoms with Crippen LogP contribution in [0.2, 0.25) is 0 Å². The first-order valence-electron chi connectivity index (χ1n) is 6.26. The van der Waals surface area contributed by atoms with Crippen molar-refractivity contribution in [2.24, 2.45) is 5.41 Å². The summed E-state index contributed by atoms with van der Waals surface area (Å²) in [7, 11) is 0. The van der Waals surface area contributed by atoms with Gasteiger partial charge in [0.1, 0.15) is 6.10 Å². The van der Waals surface area contributed by atoms with Gasteiger partial charge in [-0.25, -0.2) is 4.89 Å². The summed E-state index contributed by atoms with van der Waals surface area (Å²) < 4.78 is 0. The molecule has 17 heavy (non-hydrogen) atoms. The zero-order valence-corrected chi connectivity index (χ0v) is 11.4. The Bertz CT molecular complexity index is 335. The Morgan fingerprint density at radius 2 is 2.00 bits per heavy atom. The summed E-state index contributed by atoms with van der Waals surface area (Å²) in [5.41, 5.74) is 2.59. The molecule has 1 atom stereocenters. The van der Waals surface area contributed by atoms with E-state index in [1.165, 1.54) is 5.57 Å². The van der Waals surface area contributed by atoms with Crippen molar-refractivity contribution in [2.75, 3.05) is 0 Å². The van der Waals surface area contributed by atoms with Crippen LogP contribution in [0.5, 0.6) is 0 Å². The van der Waals surface area contributed by atoms with Gasteiger partial charge in [-0.2, -0.15) is 0 Å². The van der Waals surface area contributed by atoms with Crippen LogP contribution in [0, 0.1) is 5.41 Å². The van der Waals surface area contributed by atoms with Gasteiger partial charge in [0.05, 0.1) is 0 Å². The van der Waals surface area contributed by atoms with Gasteiger partial charge in [-0.15, -0.1) is 0 Å². The van der Waals surface area contributed by atoms with E-state index in [9.17, 15) is 0 Å². The van der Waals surface area contributed by atoms with E-state index < -0.39 is 0 Å². The second-order valence-electron chi connectivity index (χ2n) is 5.62. The average molecular weight is 236 g/mol. The van der Waals surface area contributed by atoms with Gasteiger partial charge in [0.2, 0.25) is 0 Å². The SMILES string of the molecule is C/C1=C/CC(C)(C)/C=C/C(OO)/C(C)=C\CC1. The predicted molar refractivity (Wildman–Crippen MR) is 71.8 cm³/mol. The second kappa shape index (κ2) is 6.18. The average Bonchev–Trinajstić information content (AvgIpc) is 2.28. The van der Waals surface area contributed by atoms with Crippen LogP contribution in [0.15, 0.2) is 35.5 Å². The van der Waals surface area contributed by atoms with Gasteiger partial charge in [-0.3, -0.25) is 5.26 Å². The van der Waals surface area contributed by atoms with Gasteiger partial charge in [-0.05, 0) is 44.1 Å². The van der Waals surface area contributed by atoms with Gasteiger partial charge in [0.25, 0.3) is 0 Å². The Morgan fingerprint density at radius 1 is 1.29 bits per heavy atom. The Morgan fingerprint density at radius 3 is 2.65 bits per heavy atom. The summed E-state index contributed by atoms with van der Waals surface area (Å²) in [6.45, 7) is 8.56. The standard InChI is InChI=1S/C15H24O2/c1-12-6-5-7-13(2)14(17-16)9-11-15(3,4)10-8-12/h7-9,11,14,16H,5-6,10H2,1-4H3/b11-9+,12-8-,13-7-. The Hall–Kier alpha value is -0.860. The molecule has 0 fully saturated rings. The summed E-state index contributed by atoms with van der Waals surface area (Å²) in [6.07, 6.45) is 11.3. The molecule has 0 heterocycles. The Balaban J connectivity index is 2.95. The highest BCUT2D eigenvalue weighted by atomic mass is 17.1. The molecule has 2 nitrogen and oxygen atoms in total. The van der Waals surface area contributed by atoms with Gasteiger partial charge in [0, 0.05) is 0 Å². The maximum absolute atomic E-state index is 8.93. The van der Waals surface area contributed by atoms with E-state index in [-0.39, 0.29) is 11.5 Å². The lowest BCUT2D eigenvalue weighted by molar-refractivity contribution is -0.256. The first kappa shape index (κ1) is 14.2. The third kappa shape index (κ3) is 4.88. The normalized spacial score (nSPS) is 33.8. The fraction of sp³-hybridized carbons (Fsp3) is 0.600. The summed E-state index contributed by atoms with van der Waals surface area (Å²) >= 11 is 0. The fourth-order valence-corrected chi connectivity index (χ4v) is 1.87. The molecule has 2 heteroatoms. The smallest absolute Gasteiger partial charge is 0.132 e. The van der Waals surface area contributed by atoms with Crippen molar-refractivity contribution in [1.29, 1.82) is 0 Å². The van der Waals surface area contributed by atoms with E-state index >= 15 is 0 Å². The van der Waals surface area contributed by atoms with E-state index in [1.807, 2.05) is 13.0 Å². The molecule has 0 radical (unpaired) electrons. The molecule has 1 N–H and O–H groups in total. The third-order valence-corrected chi connectivity index (χ3v) is 3.27. The maximum Gasteiger partial charge on any atom is 0.132 e. The molecule has 0 saturated carbocycles. The molecule has 0 aliphatic heterocycles. The minimum absolute atomic E-state index is 0.0999. The molecule has 0 amide bonds. The predicted octanol–water partition coefficient (Wildman–Crippen LogP) is 4.50. The molecule has 0 saturated heterocycles. The maximum atomic E-state index is 8.93. The van der Waals surface area contributed by atoms with Crippen LogP contribution in [0.3, 0.4) is 0 Å². The molecule has 0 aromatic heterocycles. The van der Waals surface area contributed by atoms with E-state index in [0.29, 0.717) is 0 Å². The molecule has 96 valence electrons. The summed E-state index contributed by atoms with van der Waals surface area (Å²) in [5, 5.41) is 8.93. The Labute approximate surface area is 105 Å². The van der Waals surface area contributed by atoms with Crippen molar-refractivity contribution in [2.45, 2.75) is 53.1 Å². The van der Waals surface area contributed by atoms with Gasteiger partial charge < -0.3 is 0 Å². The van der Waals surface area contributed by atoms with Crippen molar-refractivity contribution >= 4 is 0 Å². The minimum atomic E-state index is -0.312. The Kier molecular flexibility index (Phi) is 5.16. The van der Waals surface area contributed by atoms with Crippen LogP contribution in [-0.4, -0.2) is 11.4 Å². The number of allylic oxidation sites excluding steroid dienone is 4. The van der Waals surface area contributed by atoms with Gasteiger partial charge >= 0.3 is 0 Å². The van der Waals surface area contributed by atoms with Crippen LogP contribution < -0.4 is 0 Å². The van der Waals surface area contributed by atoms with Crippen LogP contribution in [-0.2, 0) is 4.89 Å². The molecular formula is C15H24O2. The molecule has 1 aliphatic carbocycles. The van der Waals surface area contributed by atoms with Gasteiger partial charge in [0.15, 0.2) is 0 Å². The highest BCUT2D eigenvalue weighted by Crippen LogP contribution is 2.26. The highest BCUT2D eigenvalue weighted by molar-refractivity contribution is 5.17. The molecule has 0 aromatic rings. The fourth-order valence-electron chi connectivity index (χ4n) is 1.87. The molecule has 1 rings (SSSR count). The van der Waals surface area contributed by atoms with Crippen LogP contribution in [0.1, 0.15) is 47.0 Å². The van der Waals surface area contributed by atoms with Crippen molar-refractivity contribution < 1.29 is 10.1 Å². The van der Waals surface area contributed by atoms with E-state index in [0.717, 1.165) is 24.8 Å². The minimum Gasteiger partial charge on any atom is -0.251 e. The molecule has 0 aromatic carbocycles. The first-order valence-corrected chi connectivity index (χ1v) is 6.26. The van der Waals surface area contributed by atoms with E-state index in [2.05, 4.69) is 43.9 Å². The van der Waals surface area contributed by atoms with Crippen LogP contribution in [0.4, 0.5) is 0 Å². The second-order valence-corrected chi connectivity index (χ2v) is 5.62. The third-order valence-electron chi connectivity index (χ3n) is 3.27. The van der Waals surface area contributed by atoms with E-state index in [1.54, 1.807) is 0 Å². The number of hydrogen-bond donors (Lipinski definition) is 1. The van der Waals surface area contributed by atoms with Crippen molar-refractivity contribution in [3.05, 3.63) is 35.5 Å². The molecule has 1 aliphatic rings. The molecule has 0 bridgehead atoms. The largest absolute Gasteiger partial charge is 0.251 e. The lowest BCUT2D eigenvalue weighted by Gasteiger charge is -2.19. The molecule has 1 unspecified atom stereocenters. The monoisotopic (exact) mass is 236 g/mol.